The highest BCUT2D eigenvalue weighted by Crippen LogP contribution is 2.11. The summed E-state index contributed by atoms with van der Waals surface area (Å²) >= 11 is 0. The predicted molar refractivity (Wildman–Crippen MR) is 64.6 cm³/mol. The highest BCUT2D eigenvalue weighted by Gasteiger charge is 2.21. The van der Waals surface area contributed by atoms with Crippen LogP contribution >= 0.6 is 0 Å². The molecule has 0 aliphatic rings. The Morgan fingerprint density at radius 1 is 1.24 bits per heavy atom. The highest BCUT2D eigenvalue weighted by molar-refractivity contribution is 6.01. The van der Waals surface area contributed by atoms with Gasteiger partial charge < -0.3 is 15.5 Å². The van der Waals surface area contributed by atoms with Crippen molar-refractivity contribution in [3.05, 3.63) is 11.1 Å². The molecule has 0 saturated carbocycles. The second kappa shape index (κ2) is 6.39. The molecule has 5 heteroatoms. The summed E-state index contributed by atoms with van der Waals surface area (Å²) in [6.07, 6.45) is 1.39. The van der Waals surface area contributed by atoms with Gasteiger partial charge in [-0.2, -0.15) is 0 Å². The van der Waals surface area contributed by atoms with Gasteiger partial charge in [0.25, 0.3) is 0 Å². The van der Waals surface area contributed by atoms with E-state index in [1.165, 1.54) is 13.8 Å². The zero-order valence-electron chi connectivity index (χ0n) is 10.8. The quantitative estimate of drug-likeness (QED) is 0.609. The number of carboxylic acids is 1. The number of carbonyl (C=O) groups excluding carboxylic acids is 1. The van der Waals surface area contributed by atoms with Crippen LogP contribution in [0.2, 0.25) is 0 Å². The molecule has 0 fully saturated rings. The van der Waals surface area contributed by atoms with Gasteiger partial charge in [0.2, 0.25) is 5.91 Å². The summed E-state index contributed by atoms with van der Waals surface area (Å²) in [6.45, 7) is 6.52. The van der Waals surface area contributed by atoms with Gasteiger partial charge in [-0.25, -0.2) is 4.79 Å². The van der Waals surface area contributed by atoms with E-state index < -0.39 is 17.5 Å². The third-order valence-electron chi connectivity index (χ3n) is 2.64. The Kier molecular flexibility index (Phi) is 5.88. The minimum Gasteiger partial charge on any atom is -0.478 e. The fraction of sp³-hybridized carbons (Fsp3) is 0.667. The topological polar surface area (TPSA) is 86.6 Å². The van der Waals surface area contributed by atoms with Crippen LogP contribution in [0.25, 0.3) is 0 Å². The van der Waals surface area contributed by atoms with Crippen LogP contribution in [0.3, 0.4) is 0 Å². The zero-order chi connectivity index (χ0) is 13.6. The summed E-state index contributed by atoms with van der Waals surface area (Å²) in [5.74, 6) is -1.57. The van der Waals surface area contributed by atoms with E-state index in [0.717, 1.165) is 6.42 Å². The van der Waals surface area contributed by atoms with E-state index in [0.29, 0.717) is 6.42 Å². The number of rotatable bonds is 6. The molecule has 1 amide bonds. The summed E-state index contributed by atoms with van der Waals surface area (Å²) in [7, 11) is 0. The lowest BCUT2D eigenvalue weighted by atomic mass is 10.0. The molecule has 0 heterocycles. The van der Waals surface area contributed by atoms with Crippen molar-refractivity contribution in [1.82, 2.24) is 5.32 Å². The molecule has 0 aromatic rings. The normalized spacial score (nSPS) is 15.8. The van der Waals surface area contributed by atoms with Crippen molar-refractivity contribution in [2.24, 2.45) is 0 Å². The molecule has 0 spiro atoms. The number of carboxylic acid groups (broad SMARTS) is 1. The van der Waals surface area contributed by atoms with Crippen molar-refractivity contribution in [3.63, 3.8) is 0 Å². The summed E-state index contributed by atoms with van der Waals surface area (Å²) in [6, 6.07) is 0. The second-order valence-corrected chi connectivity index (χ2v) is 4.48. The van der Waals surface area contributed by atoms with E-state index >= 15 is 0 Å². The number of aliphatic hydroxyl groups is 1. The molecule has 0 aliphatic heterocycles. The first kappa shape index (κ1) is 15.6. The molecule has 0 radical (unpaired) electrons. The first-order valence-electron chi connectivity index (χ1n) is 5.62. The molecule has 5 nitrogen and oxygen atoms in total. The van der Waals surface area contributed by atoms with Crippen LogP contribution in [0.5, 0.6) is 0 Å². The highest BCUT2D eigenvalue weighted by atomic mass is 16.4. The van der Waals surface area contributed by atoms with E-state index in [9.17, 15) is 14.7 Å². The fourth-order valence-electron chi connectivity index (χ4n) is 1.36. The predicted octanol–water partition coefficient (Wildman–Crippen LogP) is 1.07. The minimum atomic E-state index is -1.11. The van der Waals surface area contributed by atoms with Gasteiger partial charge in [-0.3, -0.25) is 4.79 Å². The maximum atomic E-state index is 11.6. The molecule has 1 unspecified atom stereocenters. The Bertz CT molecular complexity index is 331. The van der Waals surface area contributed by atoms with Crippen molar-refractivity contribution < 1.29 is 19.8 Å². The Labute approximate surface area is 102 Å². The Morgan fingerprint density at radius 3 is 2.18 bits per heavy atom. The third-order valence-corrected chi connectivity index (χ3v) is 2.64. The molecule has 1 atom stereocenters. The molecular formula is C12H21NO4. The number of aliphatic carboxylic acids is 1. The van der Waals surface area contributed by atoms with Crippen molar-refractivity contribution in [2.45, 2.75) is 46.1 Å². The smallest absolute Gasteiger partial charge is 0.331 e. The molecule has 17 heavy (non-hydrogen) atoms. The maximum Gasteiger partial charge on any atom is 0.331 e. The summed E-state index contributed by atoms with van der Waals surface area (Å²) in [5.41, 5.74) is -0.788. The fourth-order valence-corrected chi connectivity index (χ4v) is 1.36. The number of nitrogens with one attached hydrogen (secondary N) is 1. The van der Waals surface area contributed by atoms with Crippen LogP contribution < -0.4 is 5.32 Å². The Morgan fingerprint density at radius 2 is 1.76 bits per heavy atom. The van der Waals surface area contributed by atoms with Crippen LogP contribution in [0.1, 0.15) is 40.5 Å². The van der Waals surface area contributed by atoms with Gasteiger partial charge in [0, 0.05) is 17.7 Å². The van der Waals surface area contributed by atoms with Gasteiger partial charge in [0.05, 0.1) is 5.60 Å². The lowest BCUT2D eigenvalue weighted by Gasteiger charge is -2.23. The molecule has 0 bridgehead atoms. The molecule has 0 aliphatic carbocycles. The summed E-state index contributed by atoms with van der Waals surface area (Å²) in [5, 5.41) is 21.1. The molecule has 0 aromatic heterocycles. The van der Waals surface area contributed by atoms with Crippen molar-refractivity contribution in [1.29, 1.82) is 0 Å². The second-order valence-electron chi connectivity index (χ2n) is 4.48. The van der Waals surface area contributed by atoms with E-state index in [1.807, 2.05) is 6.92 Å². The van der Waals surface area contributed by atoms with Gasteiger partial charge in [-0.15, -0.1) is 0 Å². The largest absolute Gasteiger partial charge is 0.478 e. The van der Waals surface area contributed by atoms with Crippen LogP contribution in [-0.4, -0.2) is 34.2 Å². The average molecular weight is 243 g/mol. The molecule has 0 saturated heterocycles. The van der Waals surface area contributed by atoms with Gasteiger partial charge in [0.1, 0.15) is 0 Å². The standard InChI is InChI=1S/C12H21NO4/c1-5-6-12(4,17)7-13-10(14)8(2)9(3)11(15)16/h17H,5-7H2,1-4H3,(H,13,14)(H,15,16). The lowest BCUT2D eigenvalue weighted by Crippen LogP contribution is -2.41. The molecule has 0 aromatic carbocycles. The van der Waals surface area contributed by atoms with Crippen molar-refractivity contribution in [2.75, 3.05) is 6.54 Å². The average Bonchev–Trinajstić information content (AvgIpc) is 2.23. The Hall–Kier alpha value is -1.36. The minimum absolute atomic E-state index is 0.0117. The Balaban J connectivity index is 4.48. The van der Waals surface area contributed by atoms with Gasteiger partial charge >= 0.3 is 5.97 Å². The maximum absolute atomic E-state index is 11.6. The first-order chi connectivity index (χ1) is 7.71. The molecular weight excluding hydrogens is 222 g/mol. The van der Waals surface area contributed by atoms with Crippen LogP contribution in [-0.2, 0) is 9.59 Å². The number of hydrogen-bond donors (Lipinski definition) is 3. The lowest BCUT2D eigenvalue weighted by molar-refractivity contribution is -0.133. The summed E-state index contributed by atoms with van der Waals surface area (Å²) in [4.78, 5) is 22.3. The monoisotopic (exact) mass is 243 g/mol. The van der Waals surface area contributed by atoms with Crippen LogP contribution in [0.15, 0.2) is 11.1 Å². The molecule has 98 valence electrons. The first-order valence-corrected chi connectivity index (χ1v) is 5.62. The van der Waals surface area contributed by atoms with Gasteiger partial charge in [-0.1, -0.05) is 13.3 Å². The van der Waals surface area contributed by atoms with Gasteiger partial charge in [0.15, 0.2) is 0 Å². The molecule has 0 rings (SSSR count). The van der Waals surface area contributed by atoms with Crippen molar-refractivity contribution in [3.8, 4) is 0 Å². The zero-order valence-corrected chi connectivity index (χ0v) is 10.8. The van der Waals surface area contributed by atoms with Crippen molar-refractivity contribution >= 4 is 11.9 Å². The SMILES string of the molecule is CCCC(C)(O)CNC(=O)C(C)=C(C)C(=O)O. The van der Waals surface area contributed by atoms with E-state index in [1.54, 1.807) is 6.92 Å². The van der Waals surface area contributed by atoms with Gasteiger partial charge in [-0.05, 0) is 27.2 Å². The van der Waals surface area contributed by atoms with E-state index in [-0.39, 0.29) is 17.7 Å². The van der Waals surface area contributed by atoms with Crippen LogP contribution in [0.4, 0.5) is 0 Å². The third kappa shape index (κ3) is 5.49. The number of hydrogen-bond acceptors (Lipinski definition) is 3. The number of carbonyl (C=O) groups is 2. The molecule has 3 N–H and O–H groups in total. The van der Waals surface area contributed by atoms with E-state index in [2.05, 4.69) is 5.32 Å². The van der Waals surface area contributed by atoms with Crippen LogP contribution in [0, 0.1) is 0 Å². The van der Waals surface area contributed by atoms with E-state index in [4.69, 9.17) is 5.11 Å². The summed E-state index contributed by atoms with van der Waals surface area (Å²) < 4.78 is 0. The number of amides is 1.